The molecule has 0 aliphatic carbocycles. The van der Waals surface area contributed by atoms with Gasteiger partial charge in [0.15, 0.2) is 0 Å². The molecule has 0 spiro atoms. The molecule has 0 amide bonds. The van der Waals surface area contributed by atoms with Crippen molar-refractivity contribution in [3.63, 3.8) is 0 Å². The molecule has 1 aromatic heterocycles. The summed E-state index contributed by atoms with van der Waals surface area (Å²) in [6.45, 7) is 7.67. The minimum absolute atomic E-state index is 0.406. The van der Waals surface area contributed by atoms with Gasteiger partial charge in [0.1, 0.15) is 0 Å². The summed E-state index contributed by atoms with van der Waals surface area (Å²) in [7, 11) is 1.99. The first kappa shape index (κ1) is 15.8. The topological polar surface area (TPSA) is 29.9 Å². The average Bonchev–Trinajstić information content (AvgIpc) is 2.86. The zero-order chi connectivity index (χ0) is 15.2. The van der Waals surface area contributed by atoms with Crippen molar-refractivity contribution in [2.24, 2.45) is 7.05 Å². The lowest BCUT2D eigenvalue weighted by molar-refractivity contribution is 0.571. The van der Waals surface area contributed by atoms with Gasteiger partial charge in [-0.25, -0.2) is 0 Å². The van der Waals surface area contributed by atoms with Gasteiger partial charge in [-0.05, 0) is 37.4 Å². The second-order valence-corrected chi connectivity index (χ2v) is 5.71. The fourth-order valence-corrected chi connectivity index (χ4v) is 2.63. The highest BCUT2D eigenvalue weighted by Gasteiger charge is 2.10. The summed E-state index contributed by atoms with van der Waals surface area (Å²) < 4.78 is 1.92. The maximum Gasteiger partial charge on any atom is 0.0702 e. The predicted octanol–water partition coefficient (Wildman–Crippen LogP) is 4.10. The van der Waals surface area contributed by atoms with Crippen molar-refractivity contribution >= 4 is 0 Å². The van der Waals surface area contributed by atoms with Gasteiger partial charge in [-0.15, -0.1) is 0 Å². The van der Waals surface area contributed by atoms with E-state index in [0.29, 0.717) is 6.04 Å². The van der Waals surface area contributed by atoms with Crippen LogP contribution in [0.25, 0.3) is 11.1 Å². The molecule has 1 heterocycles. The smallest absolute Gasteiger partial charge is 0.0702 e. The minimum atomic E-state index is 0.406. The Balaban J connectivity index is 2.18. The minimum Gasteiger partial charge on any atom is -0.310 e. The van der Waals surface area contributed by atoms with Gasteiger partial charge in [-0.2, -0.15) is 5.10 Å². The second kappa shape index (κ2) is 7.41. The van der Waals surface area contributed by atoms with E-state index in [0.717, 1.165) is 19.4 Å². The van der Waals surface area contributed by atoms with E-state index in [1.165, 1.54) is 28.8 Å². The Hall–Kier alpha value is -1.61. The third-order valence-corrected chi connectivity index (χ3v) is 3.81. The molecule has 1 N–H and O–H groups in total. The Kier molecular flexibility index (Phi) is 5.57. The van der Waals surface area contributed by atoms with Crippen molar-refractivity contribution in [1.29, 1.82) is 0 Å². The molecule has 21 heavy (non-hydrogen) atoms. The zero-order valence-corrected chi connectivity index (χ0v) is 13.7. The van der Waals surface area contributed by atoms with E-state index < -0.39 is 0 Å². The van der Waals surface area contributed by atoms with Crippen LogP contribution < -0.4 is 5.32 Å². The molecule has 0 bridgehead atoms. The molecule has 1 unspecified atom stereocenters. The Bertz CT molecular complexity index is 554. The Morgan fingerprint density at radius 3 is 2.48 bits per heavy atom. The molecule has 2 aromatic rings. The number of aryl methyl sites for hydroxylation is 2. The lowest BCUT2D eigenvalue weighted by Crippen LogP contribution is -2.19. The molecule has 3 heteroatoms. The van der Waals surface area contributed by atoms with Gasteiger partial charge in [0.2, 0.25) is 0 Å². The van der Waals surface area contributed by atoms with Crippen molar-refractivity contribution in [2.75, 3.05) is 6.54 Å². The summed E-state index contributed by atoms with van der Waals surface area (Å²) in [5, 5.41) is 8.11. The van der Waals surface area contributed by atoms with Crippen molar-refractivity contribution < 1.29 is 0 Å². The maximum absolute atomic E-state index is 4.58. The second-order valence-electron chi connectivity index (χ2n) is 5.71. The number of hydrogen-bond acceptors (Lipinski definition) is 2. The van der Waals surface area contributed by atoms with Crippen LogP contribution >= 0.6 is 0 Å². The third-order valence-electron chi connectivity index (χ3n) is 3.81. The average molecular weight is 285 g/mol. The normalized spacial score (nSPS) is 12.6. The standard InChI is InChI=1S/C18H27N3/c1-5-7-18-17(13-21(4)20-18)16-10-8-15(9-11-16)14(3)19-12-6-2/h8-11,13-14,19H,5-7,12H2,1-4H3. The molecule has 3 nitrogen and oxygen atoms in total. The number of nitrogens with one attached hydrogen (secondary N) is 1. The summed E-state index contributed by atoms with van der Waals surface area (Å²) >= 11 is 0. The number of nitrogens with zero attached hydrogens (tertiary/aromatic N) is 2. The molecule has 0 saturated heterocycles. The van der Waals surface area contributed by atoms with Crippen LogP contribution in [0.3, 0.4) is 0 Å². The zero-order valence-electron chi connectivity index (χ0n) is 13.7. The number of benzene rings is 1. The van der Waals surface area contributed by atoms with Crippen molar-refractivity contribution in [2.45, 2.75) is 46.1 Å². The van der Waals surface area contributed by atoms with Gasteiger partial charge in [-0.3, -0.25) is 4.68 Å². The molecule has 1 atom stereocenters. The molecular weight excluding hydrogens is 258 g/mol. The SMILES string of the molecule is CCCNC(C)c1ccc(-c2cn(C)nc2CCC)cc1. The van der Waals surface area contributed by atoms with E-state index in [1.807, 2.05) is 11.7 Å². The van der Waals surface area contributed by atoms with Crippen molar-refractivity contribution in [3.8, 4) is 11.1 Å². The highest BCUT2D eigenvalue weighted by molar-refractivity contribution is 5.65. The first-order valence-electron chi connectivity index (χ1n) is 8.02. The van der Waals surface area contributed by atoms with E-state index >= 15 is 0 Å². The highest BCUT2D eigenvalue weighted by atomic mass is 15.2. The maximum atomic E-state index is 4.58. The van der Waals surface area contributed by atoms with Crippen LogP contribution in [0.1, 0.15) is 50.9 Å². The summed E-state index contributed by atoms with van der Waals surface area (Å²) in [5.74, 6) is 0. The van der Waals surface area contributed by atoms with Crippen LogP contribution in [0.4, 0.5) is 0 Å². The summed E-state index contributed by atoms with van der Waals surface area (Å²) in [4.78, 5) is 0. The number of hydrogen-bond donors (Lipinski definition) is 1. The lowest BCUT2D eigenvalue weighted by atomic mass is 10.0. The molecular formula is C18H27N3. The molecule has 0 aliphatic rings. The molecule has 0 saturated carbocycles. The van der Waals surface area contributed by atoms with E-state index in [4.69, 9.17) is 0 Å². The van der Waals surface area contributed by atoms with E-state index in [1.54, 1.807) is 0 Å². The van der Waals surface area contributed by atoms with Crippen LogP contribution in [0.5, 0.6) is 0 Å². The first-order valence-corrected chi connectivity index (χ1v) is 8.02. The monoisotopic (exact) mass is 285 g/mol. The fourth-order valence-electron chi connectivity index (χ4n) is 2.63. The molecule has 0 aliphatic heterocycles. The van der Waals surface area contributed by atoms with Crippen LogP contribution in [0, 0.1) is 0 Å². The molecule has 1 aromatic carbocycles. The third kappa shape index (κ3) is 3.94. The molecule has 2 rings (SSSR count). The van der Waals surface area contributed by atoms with Gasteiger partial charge in [0.05, 0.1) is 5.69 Å². The van der Waals surface area contributed by atoms with Gasteiger partial charge >= 0.3 is 0 Å². The van der Waals surface area contributed by atoms with Crippen LogP contribution in [-0.4, -0.2) is 16.3 Å². The van der Waals surface area contributed by atoms with Gasteiger partial charge in [-0.1, -0.05) is 44.5 Å². The first-order chi connectivity index (χ1) is 10.2. The number of aromatic nitrogens is 2. The van der Waals surface area contributed by atoms with Crippen molar-refractivity contribution in [3.05, 3.63) is 41.7 Å². The predicted molar refractivity (Wildman–Crippen MR) is 89.3 cm³/mol. The van der Waals surface area contributed by atoms with E-state index in [9.17, 15) is 0 Å². The summed E-state index contributed by atoms with van der Waals surface area (Å²) in [5.41, 5.74) is 5.07. The Morgan fingerprint density at radius 1 is 1.14 bits per heavy atom. The molecule has 114 valence electrons. The van der Waals surface area contributed by atoms with Crippen LogP contribution in [0.15, 0.2) is 30.5 Å². The van der Waals surface area contributed by atoms with E-state index in [2.05, 4.69) is 61.6 Å². The fraction of sp³-hybridized carbons (Fsp3) is 0.500. The van der Waals surface area contributed by atoms with Gasteiger partial charge < -0.3 is 5.32 Å². The van der Waals surface area contributed by atoms with Crippen LogP contribution in [0.2, 0.25) is 0 Å². The largest absolute Gasteiger partial charge is 0.310 e. The van der Waals surface area contributed by atoms with Gasteiger partial charge in [0, 0.05) is 24.8 Å². The number of rotatable bonds is 7. The Morgan fingerprint density at radius 2 is 1.86 bits per heavy atom. The lowest BCUT2D eigenvalue weighted by Gasteiger charge is -2.14. The van der Waals surface area contributed by atoms with Crippen molar-refractivity contribution in [1.82, 2.24) is 15.1 Å². The quantitative estimate of drug-likeness (QED) is 0.830. The van der Waals surface area contributed by atoms with E-state index in [-0.39, 0.29) is 0 Å². The summed E-state index contributed by atoms with van der Waals surface area (Å²) in [6.07, 6.45) is 5.45. The highest BCUT2D eigenvalue weighted by Crippen LogP contribution is 2.25. The van der Waals surface area contributed by atoms with Crippen LogP contribution in [-0.2, 0) is 13.5 Å². The Labute approximate surface area is 128 Å². The molecule has 0 fully saturated rings. The van der Waals surface area contributed by atoms with Gasteiger partial charge in [0.25, 0.3) is 0 Å². The molecule has 0 radical (unpaired) electrons. The summed E-state index contributed by atoms with van der Waals surface area (Å²) in [6, 6.07) is 9.30.